The zero-order chi connectivity index (χ0) is 7.12. The number of thioether (sulfide) groups is 1. The summed E-state index contributed by atoms with van der Waals surface area (Å²) in [6, 6.07) is 0. The molecule has 0 bridgehead atoms. The van der Waals surface area contributed by atoms with Crippen LogP contribution in [-0.2, 0) is 0 Å². The summed E-state index contributed by atoms with van der Waals surface area (Å²) in [4.78, 5) is 0. The third-order valence-corrected chi connectivity index (χ3v) is 3.30. The summed E-state index contributed by atoms with van der Waals surface area (Å²) in [5, 5.41) is 0. The Morgan fingerprint density at radius 3 is 1.89 bits per heavy atom. The van der Waals surface area contributed by atoms with Gasteiger partial charge in [0.2, 0.25) is 0 Å². The maximum atomic E-state index is 2.45. The van der Waals surface area contributed by atoms with Crippen molar-refractivity contribution in [3.05, 3.63) is 6.42 Å². The predicted molar refractivity (Wildman–Crippen MR) is 44.6 cm³/mol. The van der Waals surface area contributed by atoms with Gasteiger partial charge in [-0.05, 0) is 17.6 Å². The Bertz CT molecular complexity index is 99.7. The predicted octanol–water partition coefficient (Wildman–Crippen LogP) is 2.74. The first kappa shape index (κ1) is 7.46. The lowest BCUT2D eigenvalue weighted by molar-refractivity contribution is 0.489. The monoisotopic (exact) mass is 143 g/mol. The summed E-state index contributed by atoms with van der Waals surface area (Å²) >= 11 is 2.05. The normalized spacial score (nSPS) is 30.7. The van der Waals surface area contributed by atoms with Gasteiger partial charge in [0.1, 0.15) is 0 Å². The first-order valence-corrected chi connectivity index (χ1v) is 4.41. The molecule has 1 rings (SSSR count). The SMILES string of the molecule is CC1(C)[CH]C(C)(C)SC1. The second-order valence-electron chi connectivity index (χ2n) is 4.03. The fourth-order valence-electron chi connectivity index (χ4n) is 1.40. The standard InChI is InChI=1S/C8H15S/c1-7(2)5-8(3,4)9-6-7/h5H,6H2,1-4H3. The number of hydrogen-bond acceptors (Lipinski definition) is 1. The molecule has 1 aliphatic rings. The molecule has 53 valence electrons. The van der Waals surface area contributed by atoms with Crippen LogP contribution in [0.3, 0.4) is 0 Å². The lowest BCUT2D eigenvalue weighted by Gasteiger charge is -2.18. The maximum Gasteiger partial charge on any atom is 0.0140 e. The minimum atomic E-state index is 0.420. The average Bonchev–Trinajstić information content (AvgIpc) is 1.78. The van der Waals surface area contributed by atoms with E-state index in [-0.39, 0.29) is 0 Å². The molecule has 0 aromatic rings. The Morgan fingerprint density at radius 1 is 1.22 bits per heavy atom. The van der Waals surface area contributed by atoms with Crippen molar-refractivity contribution in [1.29, 1.82) is 0 Å². The van der Waals surface area contributed by atoms with E-state index in [0.717, 1.165) is 0 Å². The van der Waals surface area contributed by atoms with Crippen LogP contribution >= 0.6 is 11.8 Å². The van der Waals surface area contributed by atoms with Gasteiger partial charge in [-0.25, -0.2) is 0 Å². The molecule has 0 amide bonds. The Labute approximate surface area is 62.4 Å². The van der Waals surface area contributed by atoms with Gasteiger partial charge in [-0.3, -0.25) is 0 Å². The summed E-state index contributed by atoms with van der Waals surface area (Å²) in [6.07, 6.45) is 2.45. The average molecular weight is 143 g/mol. The van der Waals surface area contributed by atoms with Crippen LogP contribution in [-0.4, -0.2) is 10.5 Å². The molecule has 1 radical (unpaired) electrons. The maximum absolute atomic E-state index is 2.45. The van der Waals surface area contributed by atoms with Gasteiger partial charge in [-0.1, -0.05) is 27.7 Å². The summed E-state index contributed by atoms with van der Waals surface area (Å²) in [6.45, 7) is 9.17. The first-order chi connectivity index (χ1) is 3.91. The molecule has 0 unspecified atom stereocenters. The zero-order valence-electron chi connectivity index (χ0n) is 6.69. The van der Waals surface area contributed by atoms with Gasteiger partial charge in [0, 0.05) is 4.75 Å². The Hall–Kier alpha value is 0.350. The third kappa shape index (κ3) is 1.89. The van der Waals surface area contributed by atoms with Crippen LogP contribution in [0.5, 0.6) is 0 Å². The van der Waals surface area contributed by atoms with Gasteiger partial charge in [0.05, 0.1) is 0 Å². The molecular formula is C8H15S. The van der Waals surface area contributed by atoms with Crippen LogP contribution in [0.1, 0.15) is 27.7 Å². The largest absolute Gasteiger partial charge is 0.155 e. The number of rotatable bonds is 0. The summed E-state index contributed by atoms with van der Waals surface area (Å²) in [7, 11) is 0. The van der Waals surface area contributed by atoms with Crippen LogP contribution in [0, 0.1) is 11.8 Å². The second kappa shape index (κ2) is 1.91. The van der Waals surface area contributed by atoms with Crippen molar-refractivity contribution in [2.24, 2.45) is 5.41 Å². The summed E-state index contributed by atoms with van der Waals surface area (Å²) in [5.41, 5.74) is 0.466. The van der Waals surface area contributed by atoms with Gasteiger partial charge in [0.25, 0.3) is 0 Å². The molecule has 0 atom stereocenters. The van der Waals surface area contributed by atoms with E-state index in [9.17, 15) is 0 Å². The highest BCUT2D eigenvalue weighted by molar-refractivity contribution is 8.01. The second-order valence-corrected chi connectivity index (χ2v) is 5.65. The van der Waals surface area contributed by atoms with Crippen molar-refractivity contribution in [2.75, 3.05) is 5.75 Å². The Balaban J connectivity index is 2.58. The molecule has 0 nitrogen and oxygen atoms in total. The summed E-state index contributed by atoms with van der Waals surface area (Å²) < 4.78 is 0.420. The summed E-state index contributed by atoms with van der Waals surface area (Å²) in [5.74, 6) is 1.28. The van der Waals surface area contributed by atoms with Crippen LogP contribution in [0.25, 0.3) is 0 Å². The van der Waals surface area contributed by atoms with Crippen molar-refractivity contribution in [3.8, 4) is 0 Å². The fraction of sp³-hybridized carbons (Fsp3) is 0.875. The van der Waals surface area contributed by atoms with E-state index in [1.54, 1.807) is 0 Å². The van der Waals surface area contributed by atoms with Crippen molar-refractivity contribution in [3.63, 3.8) is 0 Å². The highest BCUT2D eigenvalue weighted by Crippen LogP contribution is 2.46. The van der Waals surface area contributed by atoms with Crippen LogP contribution in [0.4, 0.5) is 0 Å². The molecule has 9 heavy (non-hydrogen) atoms. The lowest BCUT2D eigenvalue weighted by atomic mass is 9.86. The van der Waals surface area contributed by atoms with Crippen molar-refractivity contribution in [2.45, 2.75) is 32.4 Å². The molecule has 0 aromatic heterocycles. The van der Waals surface area contributed by atoms with Gasteiger partial charge < -0.3 is 0 Å². The van der Waals surface area contributed by atoms with E-state index in [1.807, 2.05) is 0 Å². The molecule has 0 aliphatic carbocycles. The molecule has 1 fully saturated rings. The Kier molecular flexibility index (Phi) is 1.59. The van der Waals surface area contributed by atoms with Crippen molar-refractivity contribution < 1.29 is 0 Å². The van der Waals surface area contributed by atoms with Gasteiger partial charge >= 0.3 is 0 Å². The van der Waals surface area contributed by atoms with Crippen molar-refractivity contribution >= 4 is 11.8 Å². The number of hydrogen-bond donors (Lipinski definition) is 0. The fourth-order valence-corrected chi connectivity index (χ4v) is 2.63. The lowest BCUT2D eigenvalue weighted by Crippen LogP contribution is -2.16. The highest BCUT2D eigenvalue weighted by Gasteiger charge is 2.37. The van der Waals surface area contributed by atoms with Gasteiger partial charge in [0.15, 0.2) is 0 Å². The smallest absolute Gasteiger partial charge is 0.0140 e. The van der Waals surface area contributed by atoms with E-state index in [4.69, 9.17) is 0 Å². The molecule has 0 saturated carbocycles. The van der Waals surface area contributed by atoms with E-state index >= 15 is 0 Å². The van der Waals surface area contributed by atoms with Crippen LogP contribution in [0.2, 0.25) is 0 Å². The molecular weight excluding hydrogens is 128 g/mol. The molecule has 0 N–H and O–H groups in total. The van der Waals surface area contributed by atoms with Gasteiger partial charge in [-0.15, -0.1) is 0 Å². The van der Waals surface area contributed by atoms with E-state index < -0.39 is 0 Å². The van der Waals surface area contributed by atoms with E-state index in [0.29, 0.717) is 10.2 Å². The highest BCUT2D eigenvalue weighted by atomic mass is 32.2. The molecule has 1 aliphatic heterocycles. The minimum absolute atomic E-state index is 0.420. The quantitative estimate of drug-likeness (QED) is 0.502. The molecule has 1 saturated heterocycles. The topological polar surface area (TPSA) is 0 Å². The zero-order valence-corrected chi connectivity index (χ0v) is 7.51. The van der Waals surface area contributed by atoms with Crippen LogP contribution < -0.4 is 0 Å². The van der Waals surface area contributed by atoms with Crippen molar-refractivity contribution in [1.82, 2.24) is 0 Å². The van der Waals surface area contributed by atoms with Gasteiger partial charge in [-0.2, -0.15) is 11.8 Å². The first-order valence-electron chi connectivity index (χ1n) is 3.42. The molecule has 1 heterocycles. The van der Waals surface area contributed by atoms with E-state index in [1.165, 1.54) is 5.75 Å². The van der Waals surface area contributed by atoms with E-state index in [2.05, 4.69) is 45.9 Å². The third-order valence-electron chi connectivity index (χ3n) is 1.55. The van der Waals surface area contributed by atoms with Crippen LogP contribution in [0.15, 0.2) is 0 Å². The molecule has 0 spiro atoms. The Morgan fingerprint density at radius 2 is 1.78 bits per heavy atom. The minimum Gasteiger partial charge on any atom is -0.155 e. The molecule has 1 heteroatoms. The molecule has 0 aromatic carbocycles.